The van der Waals surface area contributed by atoms with E-state index >= 15 is 0 Å². The highest BCUT2D eigenvalue weighted by Crippen LogP contribution is 2.40. The Morgan fingerprint density at radius 1 is 1.05 bits per heavy atom. The van der Waals surface area contributed by atoms with Crippen molar-refractivity contribution in [2.75, 3.05) is 10.6 Å². The Hall–Kier alpha value is -1.88. The lowest BCUT2D eigenvalue weighted by atomic mass is 10.00. The van der Waals surface area contributed by atoms with E-state index in [1.165, 1.54) is 0 Å². The van der Waals surface area contributed by atoms with E-state index in [0.717, 1.165) is 42.5 Å². The molecule has 5 heteroatoms. The van der Waals surface area contributed by atoms with Crippen LogP contribution in [0.4, 0.5) is 11.6 Å². The number of hydrogen-bond acceptors (Lipinski definition) is 5. The van der Waals surface area contributed by atoms with Crippen molar-refractivity contribution in [2.24, 2.45) is 0 Å². The van der Waals surface area contributed by atoms with E-state index in [2.05, 4.69) is 9.88 Å². The van der Waals surface area contributed by atoms with Crippen molar-refractivity contribution < 1.29 is 5.11 Å². The molecule has 0 spiro atoms. The minimum atomic E-state index is -0.182. The molecule has 2 unspecified atom stereocenters. The average Bonchev–Trinajstić information content (AvgIpc) is 2.70. The molecule has 3 N–H and O–H groups in total. The fraction of sp³-hybridized carbons (Fsp3) is 0.467. The Kier molecular flexibility index (Phi) is 2.57. The number of benzene rings is 1. The van der Waals surface area contributed by atoms with Gasteiger partial charge in [0.15, 0.2) is 11.6 Å². The Morgan fingerprint density at radius 2 is 1.65 bits per heavy atom. The molecule has 2 aliphatic heterocycles. The summed E-state index contributed by atoms with van der Waals surface area (Å²) in [5, 5.41) is 9.90. The minimum absolute atomic E-state index is 0.182. The highest BCUT2D eigenvalue weighted by atomic mass is 16.3. The number of nitrogen functional groups attached to an aromatic ring is 1. The van der Waals surface area contributed by atoms with E-state index < -0.39 is 0 Å². The van der Waals surface area contributed by atoms with Crippen LogP contribution in [0.1, 0.15) is 25.7 Å². The molecular weight excluding hydrogens is 252 g/mol. The standard InChI is InChI=1S/C15H18N4O/c16-14-15(18-13-4-2-1-3-12(13)17-14)19-9-5-6-10(19)8-11(20)7-9/h1-4,9-11,20H,5-8H2,(H2,16,17). The number of aliphatic hydroxyl groups excluding tert-OH is 1. The molecule has 0 aliphatic carbocycles. The van der Waals surface area contributed by atoms with Crippen LogP contribution < -0.4 is 10.6 Å². The molecule has 2 fully saturated rings. The second-order valence-electron chi connectivity index (χ2n) is 5.84. The third kappa shape index (κ3) is 1.73. The zero-order valence-electron chi connectivity index (χ0n) is 11.2. The zero-order chi connectivity index (χ0) is 13.7. The second-order valence-corrected chi connectivity index (χ2v) is 5.84. The summed E-state index contributed by atoms with van der Waals surface area (Å²) in [6.07, 6.45) is 3.65. The van der Waals surface area contributed by atoms with Crippen molar-refractivity contribution in [3.63, 3.8) is 0 Å². The number of aliphatic hydroxyl groups is 1. The molecule has 0 saturated carbocycles. The Morgan fingerprint density at radius 3 is 2.30 bits per heavy atom. The second kappa shape index (κ2) is 4.31. The molecule has 4 rings (SSSR count). The van der Waals surface area contributed by atoms with Gasteiger partial charge >= 0.3 is 0 Å². The van der Waals surface area contributed by atoms with Crippen molar-refractivity contribution in [1.29, 1.82) is 0 Å². The van der Waals surface area contributed by atoms with Crippen molar-refractivity contribution in [3.05, 3.63) is 24.3 Å². The van der Waals surface area contributed by atoms with Gasteiger partial charge in [-0.15, -0.1) is 0 Å². The summed E-state index contributed by atoms with van der Waals surface area (Å²) in [7, 11) is 0. The highest BCUT2D eigenvalue weighted by molar-refractivity contribution is 5.80. The van der Waals surface area contributed by atoms with Gasteiger partial charge in [-0.25, -0.2) is 9.97 Å². The first-order chi connectivity index (χ1) is 9.72. The van der Waals surface area contributed by atoms with E-state index in [1.807, 2.05) is 24.3 Å². The van der Waals surface area contributed by atoms with Crippen LogP contribution >= 0.6 is 0 Å². The zero-order valence-corrected chi connectivity index (χ0v) is 11.2. The third-order valence-corrected chi connectivity index (χ3v) is 4.53. The number of piperidine rings is 1. The summed E-state index contributed by atoms with van der Waals surface area (Å²) in [6, 6.07) is 8.49. The van der Waals surface area contributed by atoms with E-state index in [0.29, 0.717) is 17.9 Å². The fourth-order valence-electron chi connectivity index (χ4n) is 3.69. The fourth-order valence-corrected chi connectivity index (χ4v) is 3.69. The van der Waals surface area contributed by atoms with E-state index in [4.69, 9.17) is 10.7 Å². The Labute approximate surface area is 117 Å². The monoisotopic (exact) mass is 270 g/mol. The number of nitrogens with two attached hydrogens (primary N) is 1. The van der Waals surface area contributed by atoms with Gasteiger partial charge in [-0.3, -0.25) is 0 Å². The maximum atomic E-state index is 9.90. The van der Waals surface area contributed by atoms with Gasteiger partial charge in [0.25, 0.3) is 0 Å². The molecule has 20 heavy (non-hydrogen) atoms. The van der Waals surface area contributed by atoms with Crippen LogP contribution in [0.3, 0.4) is 0 Å². The summed E-state index contributed by atoms with van der Waals surface area (Å²) in [6.45, 7) is 0. The number of para-hydroxylation sites is 2. The van der Waals surface area contributed by atoms with E-state index in [-0.39, 0.29) is 6.10 Å². The predicted molar refractivity (Wildman–Crippen MR) is 78.5 cm³/mol. The van der Waals surface area contributed by atoms with Crippen molar-refractivity contribution in [3.8, 4) is 0 Å². The minimum Gasteiger partial charge on any atom is -0.393 e. The molecule has 2 aromatic rings. The molecule has 1 aromatic carbocycles. The normalized spacial score (nSPS) is 29.1. The molecule has 5 nitrogen and oxygen atoms in total. The van der Waals surface area contributed by atoms with Crippen LogP contribution in [-0.2, 0) is 0 Å². The molecule has 2 saturated heterocycles. The lowest BCUT2D eigenvalue weighted by Crippen LogP contribution is -2.45. The van der Waals surface area contributed by atoms with E-state index in [1.54, 1.807) is 0 Å². The molecule has 2 aliphatic rings. The van der Waals surface area contributed by atoms with Crippen LogP contribution in [0.5, 0.6) is 0 Å². The maximum Gasteiger partial charge on any atom is 0.172 e. The van der Waals surface area contributed by atoms with E-state index in [9.17, 15) is 5.11 Å². The molecule has 2 atom stereocenters. The topological polar surface area (TPSA) is 75.3 Å². The summed E-state index contributed by atoms with van der Waals surface area (Å²) in [5.41, 5.74) is 7.84. The van der Waals surface area contributed by atoms with Crippen LogP contribution in [-0.4, -0.2) is 33.3 Å². The average molecular weight is 270 g/mol. The largest absolute Gasteiger partial charge is 0.393 e. The van der Waals surface area contributed by atoms with Gasteiger partial charge in [-0.1, -0.05) is 12.1 Å². The van der Waals surface area contributed by atoms with Crippen molar-refractivity contribution in [2.45, 2.75) is 43.9 Å². The van der Waals surface area contributed by atoms with Crippen LogP contribution in [0.2, 0.25) is 0 Å². The number of nitrogens with zero attached hydrogens (tertiary/aromatic N) is 3. The Balaban J connectivity index is 1.80. The van der Waals surface area contributed by atoms with Crippen molar-refractivity contribution in [1.82, 2.24) is 9.97 Å². The number of anilines is 2. The summed E-state index contributed by atoms with van der Waals surface area (Å²) >= 11 is 0. The lowest BCUT2D eigenvalue weighted by molar-refractivity contribution is 0.126. The van der Waals surface area contributed by atoms with Gasteiger partial charge in [0.2, 0.25) is 0 Å². The summed E-state index contributed by atoms with van der Waals surface area (Å²) in [5.74, 6) is 1.29. The van der Waals surface area contributed by atoms with Crippen molar-refractivity contribution >= 4 is 22.7 Å². The molecule has 0 amide bonds. The smallest absolute Gasteiger partial charge is 0.172 e. The summed E-state index contributed by atoms with van der Waals surface area (Å²) in [4.78, 5) is 11.5. The molecule has 1 aromatic heterocycles. The highest BCUT2D eigenvalue weighted by Gasteiger charge is 2.41. The van der Waals surface area contributed by atoms with Gasteiger partial charge in [-0.05, 0) is 37.8 Å². The van der Waals surface area contributed by atoms with Gasteiger partial charge in [0.05, 0.1) is 17.1 Å². The van der Waals surface area contributed by atoms with Gasteiger partial charge < -0.3 is 15.7 Å². The molecular formula is C15H18N4O. The Bertz CT molecular complexity index is 645. The number of aromatic nitrogens is 2. The SMILES string of the molecule is Nc1nc2ccccc2nc1N1C2CCC1CC(O)C2. The van der Waals surface area contributed by atoms with Crippen LogP contribution in [0.15, 0.2) is 24.3 Å². The lowest BCUT2D eigenvalue weighted by Gasteiger charge is -2.38. The first-order valence-corrected chi connectivity index (χ1v) is 7.21. The molecule has 3 heterocycles. The van der Waals surface area contributed by atoms with Gasteiger partial charge in [0, 0.05) is 12.1 Å². The predicted octanol–water partition coefficient (Wildman–Crippen LogP) is 1.70. The van der Waals surface area contributed by atoms with Crippen LogP contribution in [0.25, 0.3) is 11.0 Å². The number of hydrogen-bond donors (Lipinski definition) is 2. The number of rotatable bonds is 1. The molecule has 104 valence electrons. The quantitative estimate of drug-likeness (QED) is 0.825. The first kappa shape index (κ1) is 11.9. The maximum absolute atomic E-state index is 9.90. The van der Waals surface area contributed by atoms with Crippen LogP contribution in [0, 0.1) is 0 Å². The molecule has 2 bridgehead atoms. The molecule has 0 radical (unpaired) electrons. The number of fused-ring (bicyclic) bond motifs is 3. The van der Waals surface area contributed by atoms with Gasteiger partial charge in [0.1, 0.15) is 0 Å². The van der Waals surface area contributed by atoms with Gasteiger partial charge in [-0.2, -0.15) is 0 Å². The first-order valence-electron chi connectivity index (χ1n) is 7.21. The third-order valence-electron chi connectivity index (χ3n) is 4.53. The summed E-state index contributed by atoms with van der Waals surface area (Å²) < 4.78 is 0.